The molecular formula is C38H40N2O2S4+2. The van der Waals surface area contributed by atoms with Gasteiger partial charge in [-0.1, -0.05) is 49.3 Å². The number of allylic oxidation sites excluding steroid dienone is 6. The molecule has 4 nitrogen and oxygen atoms in total. The molecule has 0 radical (unpaired) electrons. The largest absolute Gasteiger partial charge is 0.362 e. The van der Waals surface area contributed by atoms with Gasteiger partial charge in [-0.15, -0.1) is 36.4 Å². The second-order valence-corrected chi connectivity index (χ2v) is 16.3. The van der Waals surface area contributed by atoms with Crippen LogP contribution in [0.1, 0.15) is 31.7 Å². The number of hydrogen-bond donors (Lipinski definition) is 0. The van der Waals surface area contributed by atoms with Crippen molar-refractivity contribution < 1.29 is 14.0 Å². The van der Waals surface area contributed by atoms with E-state index in [1.54, 1.807) is 23.5 Å². The molecule has 0 N–H and O–H groups in total. The number of thioether (sulfide) groups is 3. The Morgan fingerprint density at radius 3 is 2.72 bits per heavy atom. The van der Waals surface area contributed by atoms with Gasteiger partial charge in [0.25, 0.3) is 11.2 Å². The average Bonchev–Trinajstić information content (AvgIpc) is 3.71. The van der Waals surface area contributed by atoms with E-state index in [9.17, 15) is 0 Å². The summed E-state index contributed by atoms with van der Waals surface area (Å²) in [4.78, 5) is 3.80. The molecule has 46 heavy (non-hydrogen) atoms. The first-order valence-corrected chi connectivity index (χ1v) is 19.5. The van der Waals surface area contributed by atoms with Crippen molar-refractivity contribution in [1.82, 2.24) is 4.48 Å². The number of thiazole rings is 1. The molecule has 2 atom stereocenters. The van der Waals surface area contributed by atoms with Crippen molar-refractivity contribution in [2.75, 3.05) is 38.9 Å². The predicted octanol–water partition coefficient (Wildman–Crippen LogP) is 8.91. The van der Waals surface area contributed by atoms with E-state index in [2.05, 4.69) is 110 Å². The van der Waals surface area contributed by atoms with Crippen LogP contribution in [-0.2, 0) is 16.0 Å². The number of hydrogen-bond acceptors (Lipinski definition) is 6. The van der Waals surface area contributed by atoms with Crippen LogP contribution in [0.3, 0.4) is 0 Å². The predicted molar refractivity (Wildman–Crippen MR) is 199 cm³/mol. The maximum absolute atomic E-state index is 6.07. The number of fused-ring (bicyclic) bond motifs is 3. The Labute approximate surface area is 290 Å². The Kier molecular flexibility index (Phi) is 10.3. The molecule has 0 amide bonds. The Bertz CT molecular complexity index is 1850. The summed E-state index contributed by atoms with van der Waals surface area (Å²) in [7, 11) is 0. The Morgan fingerprint density at radius 2 is 1.93 bits per heavy atom. The molecule has 1 saturated heterocycles. The molecule has 2 aromatic carbocycles. The first-order valence-electron chi connectivity index (χ1n) is 15.4. The summed E-state index contributed by atoms with van der Waals surface area (Å²) in [5.74, 6) is 5.52. The van der Waals surface area contributed by atoms with E-state index in [0.717, 1.165) is 25.9 Å². The SMILES string of the molecule is C#CCOCC[n+]1c(/C=C2C=C(/C=C/C=C3\Sc4cc(SC)ccc4[N+]34CCOC4C#C)CC(C)(C)C/2)sc2cc(SC)ccc21. The second kappa shape index (κ2) is 14.2. The standard InChI is InChI=1S/C38H40N2O2S4/c1-7-18-41-19-16-39-31-14-12-29(43-5)23-33(31)45-35(39)22-28-21-27(25-38(3,4)26-28)10-9-11-37-40(17-20-42-36(40)8-2)32-15-13-30(44-6)24-34(32)46-37/h1-2,9-15,21-24,36H,16-20,25-26H2,3-6H3/q+2/b10-9+,28-22-,37-11-. The monoisotopic (exact) mass is 684 g/mol. The lowest BCUT2D eigenvalue weighted by atomic mass is 9.75. The lowest BCUT2D eigenvalue weighted by Gasteiger charge is -2.31. The highest BCUT2D eigenvalue weighted by molar-refractivity contribution is 8.03. The lowest BCUT2D eigenvalue weighted by Crippen LogP contribution is -2.49. The molecule has 3 aromatic rings. The van der Waals surface area contributed by atoms with Crippen LogP contribution in [0.4, 0.5) is 5.69 Å². The van der Waals surface area contributed by atoms with Gasteiger partial charge in [0.2, 0.25) is 5.52 Å². The summed E-state index contributed by atoms with van der Waals surface area (Å²) in [5.41, 5.74) is 5.30. The Balaban J connectivity index is 1.33. The molecule has 236 valence electrons. The van der Waals surface area contributed by atoms with Gasteiger partial charge in [-0.2, -0.15) is 4.57 Å². The highest BCUT2D eigenvalue weighted by Crippen LogP contribution is 2.55. The Morgan fingerprint density at radius 1 is 1.13 bits per heavy atom. The van der Waals surface area contributed by atoms with Crippen molar-refractivity contribution in [2.24, 2.45) is 5.41 Å². The summed E-state index contributed by atoms with van der Waals surface area (Å²) < 4.78 is 16.0. The zero-order valence-electron chi connectivity index (χ0n) is 26.9. The molecular weight excluding hydrogens is 645 g/mol. The number of nitrogens with zero attached hydrogens (tertiary/aromatic N) is 2. The maximum Gasteiger partial charge on any atom is 0.267 e. The molecule has 3 heterocycles. The summed E-state index contributed by atoms with van der Waals surface area (Å²) in [5, 5.41) is 2.46. The smallest absolute Gasteiger partial charge is 0.267 e. The van der Waals surface area contributed by atoms with E-state index in [1.807, 2.05) is 23.1 Å². The van der Waals surface area contributed by atoms with Crippen molar-refractivity contribution in [3.63, 3.8) is 0 Å². The Hall–Kier alpha value is -2.66. The third-order valence-corrected chi connectivity index (χ3v) is 12.4. The van der Waals surface area contributed by atoms with Crippen LogP contribution in [0, 0.1) is 30.1 Å². The van der Waals surface area contributed by atoms with Crippen LogP contribution in [0.15, 0.2) is 91.6 Å². The van der Waals surface area contributed by atoms with Gasteiger partial charge < -0.3 is 9.47 Å². The molecule has 0 saturated carbocycles. The normalized spacial score (nSPS) is 23.8. The number of rotatable bonds is 9. The molecule has 1 aromatic heterocycles. The molecule has 6 rings (SSSR count). The van der Waals surface area contributed by atoms with E-state index >= 15 is 0 Å². The van der Waals surface area contributed by atoms with Gasteiger partial charge in [0.1, 0.15) is 31.1 Å². The minimum Gasteiger partial charge on any atom is -0.362 e. The van der Waals surface area contributed by atoms with E-state index < -0.39 is 0 Å². The van der Waals surface area contributed by atoms with Gasteiger partial charge in [-0.25, -0.2) is 4.48 Å². The third-order valence-electron chi connectivity index (χ3n) is 8.64. The highest BCUT2D eigenvalue weighted by atomic mass is 32.2. The molecule has 8 heteroatoms. The topological polar surface area (TPSA) is 22.3 Å². The number of quaternary nitrogens is 1. The molecule has 2 aliphatic heterocycles. The van der Waals surface area contributed by atoms with Crippen molar-refractivity contribution in [2.45, 2.75) is 54.1 Å². The molecule has 0 bridgehead atoms. The minimum atomic E-state index is -0.312. The molecule has 3 aliphatic rings. The molecule has 1 fully saturated rings. The van der Waals surface area contributed by atoms with Gasteiger partial charge in [0, 0.05) is 34.1 Å². The maximum atomic E-state index is 6.07. The summed E-state index contributed by atoms with van der Waals surface area (Å²) >= 11 is 7.21. The number of aromatic nitrogens is 1. The van der Waals surface area contributed by atoms with Gasteiger partial charge in [0.15, 0.2) is 17.3 Å². The summed E-state index contributed by atoms with van der Waals surface area (Å²) in [6.45, 7) is 7.90. The van der Waals surface area contributed by atoms with Crippen molar-refractivity contribution >= 4 is 68.6 Å². The quantitative estimate of drug-likeness (QED) is 0.0737. The van der Waals surface area contributed by atoms with Gasteiger partial charge in [-0.05, 0) is 83.9 Å². The minimum absolute atomic E-state index is 0.147. The van der Waals surface area contributed by atoms with Crippen LogP contribution in [-0.4, -0.2) is 45.1 Å². The fraction of sp³-hybridized carbons (Fsp3) is 0.342. The van der Waals surface area contributed by atoms with Crippen LogP contribution in [0.2, 0.25) is 0 Å². The third kappa shape index (κ3) is 6.68. The van der Waals surface area contributed by atoms with Crippen LogP contribution >= 0.6 is 46.6 Å². The van der Waals surface area contributed by atoms with E-state index in [-0.39, 0.29) is 11.6 Å². The van der Waals surface area contributed by atoms with Crippen LogP contribution in [0.25, 0.3) is 16.3 Å². The first kappa shape index (κ1) is 33.2. The molecule has 1 aliphatic carbocycles. The second-order valence-electron chi connectivity index (χ2n) is 12.4. The fourth-order valence-corrected chi connectivity index (χ4v) is 10.2. The van der Waals surface area contributed by atoms with E-state index in [0.29, 0.717) is 24.3 Å². The summed E-state index contributed by atoms with van der Waals surface area (Å²) in [6.07, 6.45) is 28.9. The van der Waals surface area contributed by atoms with Crippen molar-refractivity contribution in [1.29, 1.82) is 0 Å². The molecule has 2 unspecified atom stereocenters. The first-order chi connectivity index (χ1) is 22.3. The molecule has 1 spiro atoms. The van der Waals surface area contributed by atoms with Gasteiger partial charge in [-0.3, -0.25) is 0 Å². The van der Waals surface area contributed by atoms with Gasteiger partial charge in [0.05, 0.1) is 4.90 Å². The van der Waals surface area contributed by atoms with Crippen LogP contribution < -0.4 is 9.05 Å². The van der Waals surface area contributed by atoms with Gasteiger partial charge >= 0.3 is 0 Å². The fourth-order valence-electron chi connectivity index (χ4n) is 6.67. The average molecular weight is 685 g/mol. The zero-order chi connectivity index (χ0) is 32.3. The lowest BCUT2D eigenvalue weighted by molar-refractivity contribution is -0.670. The van der Waals surface area contributed by atoms with E-state index in [4.69, 9.17) is 22.3 Å². The van der Waals surface area contributed by atoms with E-state index in [1.165, 1.54) is 51.8 Å². The number of benzene rings is 2. The number of terminal acetylenes is 2. The summed E-state index contributed by atoms with van der Waals surface area (Å²) in [6, 6.07) is 13.4. The zero-order valence-corrected chi connectivity index (χ0v) is 30.1. The number of ether oxygens (including phenoxy) is 2. The van der Waals surface area contributed by atoms with Crippen molar-refractivity contribution in [3.8, 4) is 24.7 Å². The van der Waals surface area contributed by atoms with Crippen LogP contribution in [0.5, 0.6) is 0 Å². The highest BCUT2D eigenvalue weighted by Gasteiger charge is 2.53. The van der Waals surface area contributed by atoms with Crippen molar-refractivity contribution in [3.05, 3.63) is 81.9 Å².